The first kappa shape index (κ1) is 27.3. The molecule has 13 heteroatoms. The number of amides is 3. The molecular weight excluding hydrogens is 546 g/mol. The number of hydrogen-bond acceptors (Lipinski definition) is 6. The maximum Gasteiger partial charge on any atom is 0.246 e. The molecule has 2 aromatic carbocycles. The van der Waals surface area contributed by atoms with Crippen LogP contribution in [0.3, 0.4) is 0 Å². The van der Waals surface area contributed by atoms with Crippen molar-refractivity contribution >= 4 is 50.8 Å². The number of nitrogens with two attached hydrogens (primary N) is 1. The second-order valence-electron chi connectivity index (χ2n) is 9.07. The molecular formula is C24H23Cl2FN4O5S. The zero-order valence-electron chi connectivity index (χ0n) is 19.7. The molecule has 2 heterocycles. The zero-order valence-corrected chi connectivity index (χ0v) is 22.1. The van der Waals surface area contributed by atoms with Gasteiger partial charge in [0.1, 0.15) is 29.2 Å². The minimum absolute atomic E-state index is 0.0431. The number of sulfone groups is 1. The van der Waals surface area contributed by atoms with Crippen LogP contribution in [0.2, 0.25) is 10.0 Å². The van der Waals surface area contributed by atoms with Crippen LogP contribution in [0.25, 0.3) is 0 Å². The van der Waals surface area contributed by atoms with Crippen LogP contribution >= 0.6 is 23.2 Å². The Labute approximate surface area is 223 Å². The third-order valence-electron chi connectivity index (χ3n) is 6.39. The van der Waals surface area contributed by atoms with E-state index < -0.39 is 67.9 Å². The van der Waals surface area contributed by atoms with E-state index >= 15 is 4.39 Å². The molecule has 4 rings (SSSR count). The van der Waals surface area contributed by atoms with Gasteiger partial charge in [-0.1, -0.05) is 35.3 Å². The van der Waals surface area contributed by atoms with Gasteiger partial charge in [0.25, 0.3) is 0 Å². The lowest BCUT2D eigenvalue weighted by Crippen LogP contribution is -2.83. The van der Waals surface area contributed by atoms with Crippen LogP contribution in [0, 0.1) is 12.2 Å². The largest absolute Gasteiger partial charge is 0.368 e. The van der Waals surface area contributed by atoms with E-state index in [1.54, 1.807) is 38.1 Å². The lowest BCUT2D eigenvalue weighted by atomic mass is 9.95. The van der Waals surface area contributed by atoms with Crippen LogP contribution in [0.15, 0.2) is 47.4 Å². The number of carbonyl (C=O) groups excluding carboxylic acids is 3. The Morgan fingerprint density at radius 1 is 1.19 bits per heavy atom. The Balaban J connectivity index is 1.96. The fourth-order valence-electron chi connectivity index (χ4n) is 4.58. The molecule has 0 spiro atoms. The minimum atomic E-state index is -4.85. The third kappa shape index (κ3) is 4.69. The second kappa shape index (κ2) is 9.86. The molecule has 2 aliphatic rings. The Morgan fingerprint density at radius 2 is 1.81 bits per heavy atom. The van der Waals surface area contributed by atoms with Crippen molar-refractivity contribution in [1.82, 2.24) is 15.1 Å². The van der Waals surface area contributed by atoms with Crippen molar-refractivity contribution in [1.29, 1.82) is 0 Å². The molecule has 196 valence electrons. The fraction of sp³-hybridized carbons (Fsp3) is 0.333. The summed E-state index contributed by atoms with van der Waals surface area (Å²) in [5, 5.41) is 3.03. The summed E-state index contributed by atoms with van der Waals surface area (Å²) in [4.78, 5) is 38.1. The van der Waals surface area contributed by atoms with Gasteiger partial charge in [0, 0.05) is 22.5 Å². The number of piperazine rings is 1. The lowest BCUT2D eigenvalue weighted by molar-refractivity contribution is -0.164. The molecule has 3 N–H and O–H groups in total. The number of carbonyl (C=O) groups is 3. The van der Waals surface area contributed by atoms with Crippen LogP contribution in [-0.2, 0) is 30.6 Å². The van der Waals surface area contributed by atoms with Gasteiger partial charge in [-0.25, -0.2) is 12.8 Å². The summed E-state index contributed by atoms with van der Waals surface area (Å²) in [7, 11) is -4.85. The van der Waals surface area contributed by atoms with Gasteiger partial charge in [-0.2, -0.15) is 0 Å². The SMILES string of the molecule is CC(C)N1CC2(S(=O)(=O)c3ccc(Cl)cc3F)NC(C(N)=O)[C]C(=O)N2C(Cc2ccc(Cl)cc2)C1=O. The van der Waals surface area contributed by atoms with E-state index in [0.717, 1.165) is 17.0 Å². The van der Waals surface area contributed by atoms with Crippen LogP contribution in [0.4, 0.5) is 4.39 Å². The van der Waals surface area contributed by atoms with Crippen molar-refractivity contribution < 1.29 is 27.2 Å². The van der Waals surface area contributed by atoms with Gasteiger partial charge in [-0.15, -0.1) is 0 Å². The Bertz CT molecular complexity index is 1370. The molecule has 0 saturated carbocycles. The molecule has 37 heavy (non-hydrogen) atoms. The number of halogens is 3. The average molecular weight is 569 g/mol. The number of primary amides is 1. The highest BCUT2D eigenvalue weighted by Crippen LogP contribution is 2.40. The smallest absolute Gasteiger partial charge is 0.246 e. The van der Waals surface area contributed by atoms with E-state index in [1.165, 1.54) is 11.0 Å². The molecule has 0 bridgehead atoms. The number of hydrogen-bond donors (Lipinski definition) is 2. The van der Waals surface area contributed by atoms with Crippen LogP contribution in [0.5, 0.6) is 0 Å². The predicted molar refractivity (Wildman–Crippen MR) is 133 cm³/mol. The monoisotopic (exact) mass is 568 g/mol. The van der Waals surface area contributed by atoms with E-state index in [4.69, 9.17) is 28.9 Å². The van der Waals surface area contributed by atoms with Gasteiger partial charge in [0.05, 0.1) is 6.54 Å². The van der Waals surface area contributed by atoms with Gasteiger partial charge in [-0.05, 0) is 49.7 Å². The second-order valence-corrected chi connectivity index (χ2v) is 12.1. The normalized spacial score (nSPS) is 24.4. The molecule has 3 atom stereocenters. The summed E-state index contributed by atoms with van der Waals surface area (Å²) in [5.41, 5.74) is 6.01. The maximum absolute atomic E-state index is 15.0. The van der Waals surface area contributed by atoms with Crippen molar-refractivity contribution in [2.45, 2.75) is 48.3 Å². The number of rotatable bonds is 6. The predicted octanol–water partition coefficient (Wildman–Crippen LogP) is 1.79. The molecule has 3 unspecified atom stereocenters. The first-order valence-corrected chi connectivity index (χ1v) is 13.4. The van der Waals surface area contributed by atoms with Crippen molar-refractivity contribution in [3.8, 4) is 0 Å². The molecule has 9 nitrogen and oxygen atoms in total. The Kier molecular flexibility index (Phi) is 7.28. The van der Waals surface area contributed by atoms with E-state index in [-0.39, 0.29) is 11.4 Å². The summed E-state index contributed by atoms with van der Waals surface area (Å²) in [6.45, 7) is 2.75. The van der Waals surface area contributed by atoms with E-state index in [0.29, 0.717) is 10.6 Å². The van der Waals surface area contributed by atoms with Crippen LogP contribution in [-0.4, -0.2) is 65.6 Å². The van der Waals surface area contributed by atoms with Crippen LogP contribution < -0.4 is 11.1 Å². The average Bonchev–Trinajstić information content (AvgIpc) is 2.81. The van der Waals surface area contributed by atoms with E-state index in [2.05, 4.69) is 11.7 Å². The molecule has 2 aliphatic heterocycles. The summed E-state index contributed by atoms with van der Waals surface area (Å²) in [5.74, 6) is -3.79. The number of nitrogens with one attached hydrogen (secondary N) is 1. The number of nitrogens with zero attached hydrogens (tertiary/aromatic N) is 2. The van der Waals surface area contributed by atoms with Gasteiger partial charge in [0.2, 0.25) is 32.6 Å². The summed E-state index contributed by atoms with van der Waals surface area (Å²) >= 11 is 11.8. The number of benzene rings is 2. The quantitative estimate of drug-likeness (QED) is 0.546. The summed E-state index contributed by atoms with van der Waals surface area (Å²) < 4.78 is 43.5. The van der Waals surface area contributed by atoms with Crippen molar-refractivity contribution in [2.75, 3.05) is 6.54 Å². The maximum atomic E-state index is 15.0. The summed E-state index contributed by atoms with van der Waals surface area (Å²) in [6.07, 6.45) is 2.22. The van der Waals surface area contributed by atoms with Crippen molar-refractivity contribution in [2.24, 2.45) is 5.73 Å². The molecule has 2 saturated heterocycles. The molecule has 2 fully saturated rings. The third-order valence-corrected chi connectivity index (χ3v) is 9.12. The van der Waals surface area contributed by atoms with E-state index in [9.17, 15) is 22.8 Å². The highest BCUT2D eigenvalue weighted by atomic mass is 35.5. The molecule has 0 aliphatic carbocycles. The lowest BCUT2D eigenvalue weighted by Gasteiger charge is -2.56. The number of fused-ring (bicyclic) bond motifs is 1. The molecule has 2 aromatic rings. The Morgan fingerprint density at radius 3 is 2.38 bits per heavy atom. The molecule has 3 amide bonds. The Hall–Kier alpha value is -2.73. The van der Waals surface area contributed by atoms with Crippen molar-refractivity contribution in [3.63, 3.8) is 0 Å². The minimum Gasteiger partial charge on any atom is -0.368 e. The molecule has 0 aromatic heterocycles. The standard InChI is InChI=1S/C24H23Cl2FN4O5S/c1-13(2)30-12-24(37(35,36)20-8-7-16(26)10-17(20)27)29-18(22(28)33)11-21(32)31(24)19(23(30)34)9-14-3-5-15(25)6-4-14/h3-8,10,13,18-19,29H,9,12H2,1-2H3,(H2,28,33). The first-order chi connectivity index (χ1) is 17.3. The molecule has 2 radical (unpaired) electrons. The highest BCUT2D eigenvalue weighted by molar-refractivity contribution is 7.92. The summed E-state index contributed by atoms with van der Waals surface area (Å²) in [6, 6.07) is 5.97. The highest BCUT2D eigenvalue weighted by Gasteiger charge is 2.64. The fourth-order valence-corrected chi connectivity index (χ4v) is 6.85. The van der Waals surface area contributed by atoms with Gasteiger partial charge in [-0.3, -0.25) is 24.6 Å². The first-order valence-electron chi connectivity index (χ1n) is 11.2. The van der Waals surface area contributed by atoms with Gasteiger partial charge in [0.15, 0.2) is 0 Å². The van der Waals surface area contributed by atoms with E-state index in [1.807, 2.05) is 0 Å². The van der Waals surface area contributed by atoms with Crippen molar-refractivity contribution in [3.05, 3.63) is 70.3 Å². The zero-order chi connectivity index (χ0) is 27.3. The van der Waals surface area contributed by atoms with Gasteiger partial charge >= 0.3 is 0 Å². The topological polar surface area (TPSA) is 130 Å². The van der Waals surface area contributed by atoms with Gasteiger partial charge < -0.3 is 10.6 Å². The van der Waals surface area contributed by atoms with Crippen LogP contribution in [0.1, 0.15) is 19.4 Å².